The minimum Gasteiger partial charge on any atom is -0.314 e. The fraction of sp³-hybridized carbons (Fsp3) is 0.571. The molecule has 0 radical (unpaired) electrons. The van der Waals surface area contributed by atoms with Crippen LogP contribution in [-0.4, -0.2) is 18.8 Å². The molecule has 19 heavy (non-hydrogen) atoms. The Bertz CT molecular complexity index is 376. The van der Waals surface area contributed by atoms with Crippen LogP contribution in [0.15, 0.2) is 24.3 Å². The number of halogens is 4. The molecule has 1 rings (SSSR count). The molecular weight excluding hydrogens is 258 g/mol. The SMILES string of the molecule is CCCNC(CCC(F)(F)F)Cc1ccccc1F. The van der Waals surface area contributed by atoms with Crippen molar-refractivity contribution in [2.45, 2.75) is 44.8 Å². The van der Waals surface area contributed by atoms with Crippen molar-refractivity contribution < 1.29 is 17.6 Å². The minimum absolute atomic E-state index is 0.0299. The second kappa shape index (κ2) is 7.48. The van der Waals surface area contributed by atoms with E-state index in [0.717, 1.165) is 6.42 Å². The van der Waals surface area contributed by atoms with E-state index in [1.165, 1.54) is 6.07 Å². The molecule has 1 atom stereocenters. The maximum Gasteiger partial charge on any atom is 0.389 e. The first-order chi connectivity index (χ1) is 8.92. The van der Waals surface area contributed by atoms with E-state index in [-0.39, 0.29) is 24.7 Å². The maximum absolute atomic E-state index is 13.5. The van der Waals surface area contributed by atoms with Gasteiger partial charge in [0.05, 0.1) is 0 Å². The van der Waals surface area contributed by atoms with Crippen molar-refractivity contribution in [2.75, 3.05) is 6.54 Å². The number of hydrogen-bond donors (Lipinski definition) is 1. The predicted molar refractivity (Wildman–Crippen MR) is 67.5 cm³/mol. The number of benzene rings is 1. The number of nitrogens with one attached hydrogen (secondary N) is 1. The van der Waals surface area contributed by atoms with Crippen molar-refractivity contribution in [1.29, 1.82) is 0 Å². The van der Waals surface area contributed by atoms with E-state index >= 15 is 0 Å². The molecule has 0 saturated carbocycles. The van der Waals surface area contributed by atoms with Gasteiger partial charge < -0.3 is 5.32 Å². The van der Waals surface area contributed by atoms with Gasteiger partial charge in [-0.2, -0.15) is 13.2 Å². The highest BCUT2D eigenvalue weighted by molar-refractivity contribution is 5.18. The molecule has 1 aromatic carbocycles. The Kier molecular flexibility index (Phi) is 6.28. The van der Waals surface area contributed by atoms with Gasteiger partial charge in [0.25, 0.3) is 0 Å². The molecule has 0 aliphatic heterocycles. The summed E-state index contributed by atoms with van der Waals surface area (Å²) in [4.78, 5) is 0. The summed E-state index contributed by atoms with van der Waals surface area (Å²) >= 11 is 0. The lowest BCUT2D eigenvalue weighted by molar-refractivity contribution is -0.136. The van der Waals surface area contributed by atoms with Crippen LogP contribution in [-0.2, 0) is 6.42 Å². The third-order valence-electron chi connectivity index (χ3n) is 2.88. The number of hydrogen-bond acceptors (Lipinski definition) is 1. The van der Waals surface area contributed by atoms with Gasteiger partial charge in [-0.3, -0.25) is 0 Å². The summed E-state index contributed by atoms with van der Waals surface area (Å²) < 4.78 is 50.3. The second-order valence-electron chi connectivity index (χ2n) is 4.60. The van der Waals surface area contributed by atoms with E-state index in [4.69, 9.17) is 0 Å². The van der Waals surface area contributed by atoms with E-state index in [1.54, 1.807) is 18.2 Å². The van der Waals surface area contributed by atoms with Crippen LogP contribution < -0.4 is 5.32 Å². The Labute approximate surface area is 111 Å². The molecule has 1 unspecified atom stereocenters. The van der Waals surface area contributed by atoms with Crippen molar-refractivity contribution >= 4 is 0 Å². The lowest BCUT2D eigenvalue weighted by atomic mass is 10.0. The van der Waals surface area contributed by atoms with Gasteiger partial charge in [0.1, 0.15) is 5.82 Å². The van der Waals surface area contributed by atoms with Crippen molar-refractivity contribution in [3.8, 4) is 0 Å². The normalized spacial score (nSPS) is 13.5. The van der Waals surface area contributed by atoms with Crippen LogP contribution in [0.4, 0.5) is 17.6 Å². The average molecular weight is 277 g/mol. The first kappa shape index (κ1) is 16.0. The molecule has 0 amide bonds. The third-order valence-corrected chi connectivity index (χ3v) is 2.88. The van der Waals surface area contributed by atoms with Gasteiger partial charge in [-0.15, -0.1) is 0 Å². The van der Waals surface area contributed by atoms with Gasteiger partial charge in [0, 0.05) is 12.5 Å². The summed E-state index contributed by atoms with van der Waals surface area (Å²) in [6.07, 6.45) is -3.93. The van der Waals surface area contributed by atoms with Gasteiger partial charge in [0.15, 0.2) is 0 Å². The van der Waals surface area contributed by atoms with Gasteiger partial charge >= 0.3 is 6.18 Å². The molecule has 1 aromatic rings. The molecular formula is C14H19F4N. The molecule has 0 aliphatic rings. The largest absolute Gasteiger partial charge is 0.389 e. The smallest absolute Gasteiger partial charge is 0.314 e. The molecule has 5 heteroatoms. The van der Waals surface area contributed by atoms with Gasteiger partial charge in [0.2, 0.25) is 0 Å². The summed E-state index contributed by atoms with van der Waals surface area (Å²) in [5.74, 6) is -0.363. The molecule has 1 N–H and O–H groups in total. The quantitative estimate of drug-likeness (QED) is 0.740. The molecule has 1 nitrogen and oxygen atoms in total. The summed E-state index contributed by atoms with van der Waals surface area (Å²) in [5, 5.41) is 3.05. The summed E-state index contributed by atoms with van der Waals surface area (Å²) in [6.45, 7) is 2.58. The summed E-state index contributed by atoms with van der Waals surface area (Å²) in [5.41, 5.74) is 0.457. The van der Waals surface area contributed by atoms with Crippen molar-refractivity contribution in [3.05, 3.63) is 35.6 Å². The van der Waals surface area contributed by atoms with E-state index in [0.29, 0.717) is 12.1 Å². The molecule has 0 aliphatic carbocycles. The Balaban J connectivity index is 2.61. The number of rotatable bonds is 7. The minimum atomic E-state index is -4.17. The highest BCUT2D eigenvalue weighted by atomic mass is 19.4. The fourth-order valence-electron chi connectivity index (χ4n) is 1.89. The Morgan fingerprint density at radius 3 is 2.47 bits per heavy atom. The van der Waals surface area contributed by atoms with Crippen LogP contribution in [0.5, 0.6) is 0 Å². The predicted octanol–water partition coefficient (Wildman–Crippen LogP) is 4.08. The van der Waals surface area contributed by atoms with Crippen LogP contribution in [0.3, 0.4) is 0 Å². The summed E-state index contributed by atoms with van der Waals surface area (Å²) in [6, 6.07) is 5.86. The first-order valence-electron chi connectivity index (χ1n) is 6.46. The van der Waals surface area contributed by atoms with Gasteiger partial charge in [-0.1, -0.05) is 25.1 Å². The first-order valence-corrected chi connectivity index (χ1v) is 6.46. The van der Waals surface area contributed by atoms with E-state index < -0.39 is 12.6 Å². The summed E-state index contributed by atoms with van der Waals surface area (Å²) in [7, 11) is 0. The van der Waals surface area contributed by atoms with Crippen molar-refractivity contribution in [2.24, 2.45) is 0 Å². The molecule has 0 fully saturated rings. The highest BCUT2D eigenvalue weighted by Gasteiger charge is 2.28. The molecule has 0 bridgehead atoms. The topological polar surface area (TPSA) is 12.0 Å². The van der Waals surface area contributed by atoms with E-state index in [9.17, 15) is 17.6 Å². The average Bonchev–Trinajstić information content (AvgIpc) is 2.34. The number of alkyl halides is 3. The molecule has 0 heterocycles. The van der Waals surface area contributed by atoms with Crippen LogP contribution in [0, 0.1) is 5.82 Å². The Hall–Kier alpha value is -1.10. The molecule has 0 saturated heterocycles. The molecule has 0 spiro atoms. The van der Waals surface area contributed by atoms with Gasteiger partial charge in [-0.05, 0) is 37.4 Å². The Morgan fingerprint density at radius 2 is 1.89 bits per heavy atom. The zero-order valence-corrected chi connectivity index (χ0v) is 10.9. The van der Waals surface area contributed by atoms with Crippen LogP contribution in [0.25, 0.3) is 0 Å². The van der Waals surface area contributed by atoms with E-state index in [1.807, 2.05) is 6.92 Å². The third kappa shape index (κ3) is 6.57. The van der Waals surface area contributed by atoms with E-state index in [2.05, 4.69) is 5.32 Å². The standard InChI is InChI=1S/C14H19F4N/c1-2-9-19-12(7-8-14(16,17)18)10-11-5-3-4-6-13(11)15/h3-6,12,19H,2,7-10H2,1H3. The zero-order valence-electron chi connectivity index (χ0n) is 10.9. The zero-order chi connectivity index (χ0) is 14.3. The van der Waals surface area contributed by atoms with Crippen molar-refractivity contribution in [1.82, 2.24) is 5.32 Å². The molecule has 108 valence electrons. The second-order valence-corrected chi connectivity index (χ2v) is 4.60. The lowest BCUT2D eigenvalue weighted by Crippen LogP contribution is -2.33. The highest BCUT2D eigenvalue weighted by Crippen LogP contribution is 2.23. The van der Waals surface area contributed by atoms with Crippen LogP contribution in [0.1, 0.15) is 31.7 Å². The lowest BCUT2D eigenvalue weighted by Gasteiger charge is -2.19. The van der Waals surface area contributed by atoms with Crippen molar-refractivity contribution in [3.63, 3.8) is 0 Å². The van der Waals surface area contributed by atoms with Crippen LogP contribution in [0.2, 0.25) is 0 Å². The fourth-order valence-corrected chi connectivity index (χ4v) is 1.89. The Morgan fingerprint density at radius 1 is 1.21 bits per heavy atom. The molecule has 0 aromatic heterocycles. The monoisotopic (exact) mass is 277 g/mol. The van der Waals surface area contributed by atoms with Gasteiger partial charge in [-0.25, -0.2) is 4.39 Å². The van der Waals surface area contributed by atoms with Crippen LogP contribution >= 0.6 is 0 Å². The maximum atomic E-state index is 13.5.